The Morgan fingerprint density at radius 1 is 0.897 bits per heavy atom. The highest BCUT2D eigenvalue weighted by Gasteiger charge is 2.85. The van der Waals surface area contributed by atoms with Crippen molar-refractivity contribution in [1.82, 2.24) is 0 Å². The Labute approximate surface area is 341 Å². The number of allylic oxidation sites excluding steroid dienone is 1. The minimum atomic E-state index is -5.03. The highest BCUT2D eigenvalue weighted by molar-refractivity contribution is 7.80. The summed E-state index contributed by atoms with van der Waals surface area (Å²) in [5.74, 6) is -0.164. The van der Waals surface area contributed by atoms with Crippen LogP contribution in [-0.4, -0.2) is 135 Å². The van der Waals surface area contributed by atoms with Crippen LogP contribution in [0, 0.1) is 39.4 Å². The van der Waals surface area contributed by atoms with Crippen molar-refractivity contribution in [3.05, 3.63) is 11.6 Å². The van der Waals surface area contributed by atoms with Gasteiger partial charge in [0.2, 0.25) is 0 Å². The summed E-state index contributed by atoms with van der Waals surface area (Å²) in [5.41, 5.74) is -4.89. The van der Waals surface area contributed by atoms with Gasteiger partial charge in [0.05, 0.1) is 24.9 Å². The highest BCUT2D eigenvalue weighted by Crippen LogP contribution is 2.77. The molecule has 0 unspecified atom stereocenters. The predicted molar refractivity (Wildman–Crippen MR) is 204 cm³/mol. The van der Waals surface area contributed by atoms with E-state index >= 15 is 0 Å². The van der Waals surface area contributed by atoms with Crippen LogP contribution in [0.4, 0.5) is 0 Å². The first-order chi connectivity index (χ1) is 26.8. The fraction of sp³-hybridized carbons (Fsp3) is 0.927. The third-order valence-corrected chi connectivity index (χ3v) is 16.8. The third-order valence-electron chi connectivity index (χ3n) is 16.3. The molecule has 18 atom stereocenters. The Kier molecular flexibility index (Phi) is 11.5. The van der Waals surface area contributed by atoms with E-state index in [4.69, 9.17) is 23.7 Å². The molecule has 0 radical (unpaired) electrons. The Bertz CT molecular complexity index is 1720. The number of ether oxygens (including phenoxy) is 5. The lowest BCUT2D eigenvalue weighted by Gasteiger charge is -2.64. The van der Waals surface area contributed by atoms with Gasteiger partial charge in [-0.25, -0.2) is 4.18 Å². The zero-order valence-corrected chi connectivity index (χ0v) is 35.8. The van der Waals surface area contributed by atoms with E-state index in [1.54, 1.807) is 0 Å². The molecule has 0 aromatic carbocycles. The van der Waals surface area contributed by atoms with Gasteiger partial charge in [-0.3, -0.25) is 9.35 Å². The van der Waals surface area contributed by atoms with Gasteiger partial charge in [-0.05, 0) is 99.2 Å². The van der Waals surface area contributed by atoms with Crippen LogP contribution in [0.15, 0.2) is 11.6 Å². The van der Waals surface area contributed by atoms with Gasteiger partial charge in [0.1, 0.15) is 53.2 Å². The van der Waals surface area contributed by atoms with Gasteiger partial charge >= 0.3 is 16.4 Å². The molecule has 17 heteroatoms. The molecule has 0 amide bonds. The molecule has 0 aromatic rings. The number of aliphatic hydroxyl groups is 6. The lowest BCUT2D eigenvalue weighted by molar-refractivity contribution is -0.362. The number of aliphatic hydroxyl groups excluding tert-OH is 5. The van der Waals surface area contributed by atoms with Crippen LogP contribution in [0.1, 0.15) is 113 Å². The number of fused-ring (bicyclic) bond motifs is 4. The molecule has 3 saturated heterocycles. The van der Waals surface area contributed by atoms with Gasteiger partial charge in [0.25, 0.3) is 0 Å². The summed E-state index contributed by atoms with van der Waals surface area (Å²) in [5, 5.41) is 67.9. The van der Waals surface area contributed by atoms with Gasteiger partial charge in [-0.1, -0.05) is 59.6 Å². The summed E-state index contributed by atoms with van der Waals surface area (Å²) in [4.78, 5) is 14.3. The number of rotatable bonds is 10. The maximum Gasteiger partial charge on any atom is 0.397 e. The Hall–Kier alpha value is -1.32. The molecular weight excluding hydrogens is 781 g/mol. The van der Waals surface area contributed by atoms with E-state index in [0.717, 1.165) is 24.8 Å². The molecule has 3 aliphatic heterocycles. The van der Waals surface area contributed by atoms with E-state index in [0.29, 0.717) is 44.4 Å². The quantitative estimate of drug-likeness (QED) is 0.0722. The molecule has 16 nitrogen and oxygen atoms in total. The molecule has 7 N–H and O–H groups in total. The van der Waals surface area contributed by atoms with E-state index in [1.165, 1.54) is 6.92 Å². The summed E-state index contributed by atoms with van der Waals surface area (Å²) in [6.45, 7) is 15.5. The van der Waals surface area contributed by atoms with Crippen molar-refractivity contribution in [1.29, 1.82) is 0 Å². The van der Waals surface area contributed by atoms with Crippen molar-refractivity contribution in [3.63, 3.8) is 0 Å². The molecule has 58 heavy (non-hydrogen) atoms. The van der Waals surface area contributed by atoms with E-state index in [1.807, 2.05) is 13.0 Å². The average molecular weight is 847 g/mol. The van der Waals surface area contributed by atoms with Gasteiger partial charge in [0.15, 0.2) is 12.6 Å². The molecule has 1 spiro atoms. The fourth-order valence-corrected chi connectivity index (χ4v) is 13.7. The largest absolute Gasteiger partial charge is 0.456 e. The second-order valence-corrected chi connectivity index (χ2v) is 21.2. The topological polar surface area (TPSA) is 248 Å². The van der Waals surface area contributed by atoms with Crippen LogP contribution in [0.25, 0.3) is 0 Å². The van der Waals surface area contributed by atoms with E-state index in [2.05, 4.69) is 45.7 Å². The minimum absolute atomic E-state index is 0.00676. The maximum atomic E-state index is 14.3. The van der Waals surface area contributed by atoms with Crippen LogP contribution >= 0.6 is 0 Å². The molecule has 332 valence electrons. The molecule has 3 heterocycles. The van der Waals surface area contributed by atoms with Crippen molar-refractivity contribution in [3.8, 4) is 0 Å². The van der Waals surface area contributed by atoms with Crippen LogP contribution in [0.2, 0.25) is 0 Å². The van der Waals surface area contributed by atoms with Crippen LogP contribution < -0.4 is 0 Å². The van der Waals surface area contributed by atoms with Gasteiger partial charge in [-0.15, -0.1) is 0 Å². The molecule has 7 rings (SSSR count). The van der Waals surface area contributed by atoms with E-state index in [9.17, 15) is 48.4 Å². The summed E-state index contributed by atoms with van der Waals surface area (Å²) in [7, 11) is -5.03. The van der Waals surface area contributed by atoms with E-state index < -0.39 is 123 Å². The number of hydrogen-bond acceptors (Lipinski definition) is 15. The molecule has 0 bridgehead atoms. The lowest BCUT2D eigenvalue weighted by atomic mass is 9.40. The minimum Gasteiger partial charge on any atom is -0.456 e. The standard InChI is InChI=1S/C41H66O16S/c1-20(2)10-9-14-39(8)40(48)17-16-38(7)22-11-12-25-36(4,5)27(13-15-37(25,6)23(22)18-26(42)41(38,40)35(47)56-39)54-34-32(29(44)24(19-52-34)57-58(49,50)51)55-33-31(46)30(45)28(43)21(3)53-33/h18,20-22,24-34,42-46,48H,9-17,19H2,1-8H3,(H,49,50,51)/t21-,22-,24-,25+,26-,27+,28-,29+,30+,31-,32-,33+,34+,37-,38+,39+,40+,41-/m1/s1. The monoisotopic (exact) mass is 846 g/mol. The second-order valence-electron chi connectivity index (χ2n) is 20.2. The van der Waals surface area contributed by atoms with Crippen molar-refractivity contribution < 1.29 is 76.3 Å². The number of carbonyl (C=O) groups excluding carboxylic acids is 1. The Morgan fingerprint density at radius 3 is 2.24 bits per heavy atom. The maximum absolute atomic E-state index is 14.3. The first kappa shape index (κ1) is 44.7. The van der Waals surface area contributed by atoms with Gasteiger partial charge < -0.3 is 54.3 Å². The molecule has 6 fully saturated rings. The summed E-state index contributed by atoms with van der Waals surface area (Å²) >= 11 is 0. The smallest absolute Gasteiger partial charge is 0.397 e. The fourth-order valence-electron chi connectivity index (χ4n) is 13.2. The first-order valence-corrected chi connectivity index (χ1v) is 22.5. The Morgan fingerprint density at radius 2 is 1.59 bits per heavy atom. The lowest BCUT2D eigenvalue weighted by Crippen LogP contribution is -2.68. The molecule has 3 saturated carbocycles. The summed E-state index contributed by atoms with van der Waals surface area (Å²) < 4.78 is 67.8. The number of cyclic esters (lactones) is 1. The molecular formula is C41H66O16S. The Balaban J connectivity index is 1.15. The van der Waals surface area contributed by atoms with E-state index in [-0.39, 0.29) is 11.8 Å². The number of esters is 1. The predicted octanol–water partition coefficient (Wildman–Crippen LogP) is 2.30. The average Bonchev–Trinajstić information content (AvgIpc) is 3.48. The molecule has 0 aromatic heterocycles. The van der Waals surface area contributed by atoms with Crippen molar-refractivity contribution in [2.45, 2.75) is 192 Å². The normalized spacial score (nSPS) is 51.3. The van der Waals surface area contributed by atoms with Crippen LogP contribution in [0.3, 0.4) is 0 Å². The molecule has 7 aliphatic rings. The highest BCUT2D eigenvalue weighted by atomic mass is 32.3. The van der Waals surface area contributed by atoms with Crippen LogP contribution in [-0.2, 0) is 43.1 Å². The second kappa shape index (κ2) is 14.9. The summed E-state index contributed by atoms with van der Waals surface area (Å²) in [6.07, 6.45) is -8.00. The molecule has 4 aliphatic carbocycles. The SMILES string of the molecule is CC(C)CCC[C@]1(C)OC(=O)[C@]23[C@H](O)C=C4[C@@H](CC[C@H]5C(C)(C)[C@@H](O[C@@H]6OC[C@@H](OS(=O)(=O)O)[C@H](O)[C@H]6O[C@@H]6O[C@H](C)[C@@H](O)[C@H](O)[C@H]6O)CC[C@]45C)[C@]2(C)CC[C@@]31O. The zero-order chi connectivity index (χ0) is 42.8. The zero-order valence-electron chi connectivity index (χ0n) is 34.9. The third kappa shape index (κ3) is 6.50. The first-order valence-electron chi connectivity index (χ1n) is 21.1. The van der Waals surface area contributed by atoms with Crippen LogP contribution in [0.5, 0.6) is 0 Å². The number of carbonyl (C=O) groups is 1. The van der Waals surface area contributed by atoms with Gasteiger partial charge in [-0.2, -0.15) is 8.42 Å². The van der Waals surface area contributed by atoms with Crippen molar-refractivity contribution in [2.24, 2.45) is 39.4 Å². The summed E-state index contributed by atoms with van der Waals surface area (Å²) in [6, 6.07) is 0. The number of hydrogen-bond donors (Lipinski definition) is 7. The van der Waals surface area contributed by atoms with Crippen molar-refractivity contribution in [2.75, 3.05) is 6.61 Å². The van der Waals surface area contributed by atoms with Gasteiger partial charge in [0, 0.05) is 0 Å². The van der Waals surface area contributed by atoms with Crippen molar-refractivity contribution >= 4 is 16.4 Å².